The number of fused-ring (bicyclic) bond motifs is 1. The van der Waals surface area contributed by atoms with Gasteiger partial charge in [0.05, 0.1) is 29.5 Å². The molecule has 7 heteroatoms. The van der Waals surface area contributed by atoms with Crippen LogP contribution in [0.3, 0.4) is 0 Å². The first-order valence-corrected chi connectivity index (χ1v) is 10.0. The van der Waals surface area contributed by atoms with E-state index in [-0.39, 0.29) is 18.1 Å². The summed E-state index contributed by atoms with van der Waals surface area (Å²) >= 11 is 1.72. The van der Waals surface area contributed by atoms with E-state index in [1.54, 1.807) is 11.3 Å². The van der Waals surface area contributed by atoms with E-state index in [0.29, 0.717) is 13.2 Å². The van der Waals surface area contributed by atoms with Crippen LogP contribution in [-0.4, -0.2) is 49.3 Å². The molecule has 1 aliphatic heterocycles. The Bertz CT molecular complexity index is 741. The maximum Gasteiger partial charge on any atom is 0.217 e. The third-order valence-corrected chi connectivity index (χ3v) is 5.48. The van der Waals surface area contributed by atoms with E-state index in [1.807, 2.05) is 26.0 Å². The third kappa shape index (κ3) is 4.86. The molecule has 0 aliphatic carbocycles. The van der Waals surface area contributed by atoms with Gasteiger partial charge in [-0.25, -0.2) is 4.98 Å². The number of nitrogens with zero attached hydrogens (tertiary/aromatic N) is 2. The van der Waals surface area contributed by atoms with Crippen molar-refractivity contribution in [2.24, 2.45) is 0 Å². The summed E-state index contributed by atoms with van der Waals surface area (Å²) in [6.45, 7) is 8.61. The van der Waals surface area contributed by atoms with Crippen molar-refractivity contribution in [3.8, 4) is 5.75 Å². The SMILES string of the molecule is CCOc1ccc2nc(N3CCC(OC[C@H](C)NC(C)=O)CC3)sc2c1. The number of anilines is 1. The summed E-state index contributed by atoms with van der Waals surface area (Å²) in [4.78, 5) is 18.2. The van der Waals surface area contributed by atoms with Gasteiger partial charge >= 0.3 is 0 Å². The molecule has 0 radical (unpaired) electrons. The normalized spacial score (nSPS) is 16.7. The predicted molar refractivity (Wildman–Crippen MR) is 105 cm³/mol. The van der Waals surface area contributed by atoms with Crippen LogP contribution in [0.4, 0.5) is 5.13 Å². The average molecular weight is 378 g/mol. The highest BCUT2D eigenvalue weighted by atomic mass is 32.1. The predicted octanol–water partition coefficient (Wildman–Crippen LogP) is 3.21. The monoisotopic (exact) mass is 377 g/mol. The van der Waals surface area contributed by atoms with Crippen LogP contribution in [0, 0.1) is 0 Å². The van der Waals surface area contributed by atoms with Gasteiger partial charge in [-0.15, -0.1) is 0 Å². The van der Waals surface area contributed by atoms with E-state index in [4.69, 9.17) is 14.5 Å². The minimum atomic E-state index is -0.0146. The quantitative estimate of drug-likeness (QED) is 0.803. The maximum absolute atomic E-state index is 11.0. The Kier molecular flexibility index (Phi) is 6.32. The first-order valence-electron chi connectivity index (χ1n) is 9.22. The first kappa shape index (κ1) is 18.9. The second kappa shape index (κ2) is 8.68. The van der Waals surface area contributed by atoms with Gasteiger partial charge in [0.2, 0.25) is 5.91 Å². The average Bonchev–Trinajstić information content (AvgIpc) is 3.03. The van der Waals surface area contributed by atoms with Crippen molar-refractivity contribution < 1.29 is 14.3 Å². The van der Waals surface area contributed by atoms with E-state index >= 15 is 0 Å². The summed E-state index contributed by atoms with van der Waals surface area (Å²) in [5.74, 6) is 0.884. The molecule has 0 saturated carbocycles. The van der Waals surface area contributed by atoms with Gasteiger partial charge in [-0.1, -0.05) is 11.3 Å². The number of benzene rings is 1. The van der Waals surface area contributed by atoms with Crippen molar-refractivity contribution in [3.63, 3.8) is 0 Å². The Morgan fingerprint density at radius 3 is 2.88 bits per heavy atom. The Morgan fingerprint density at radius 1 is 1.42 bits per heavy atom. The topological polar surface area (TPSA) is 63.7 Å². The number of carbonyl (C=O) groups excluding carboxylic acids is 1. The lowest BCUT2D eigenvalue weighted by atomic mass is 10.1. The Balaban J connectivity index is 1.53. The number of piperidine rings is 1. The van der Waals surface area contributed by atoms with Crippen molar-refractivity contribution in [2.45, 2.75) is 45.8 Å². The third-order valence-electron chi connectivity index (χ3n) is 4.40. The summed E-state index contributed by atoms with van der Waals surface area (Å²) in [7, 11) is 0. The lowest BCUT2D eigenvalue weighted by molar-refractivity contribution is -0.120. The highest BCUT2D eigenvalue weighted by Gasteiger charge is 2.22. The van der Waals surface area contributed by atoms with Gasteiger partial charge in [0, 0.05) is 26.1 Å². The number of carbonyl (C=O) groups is 1. The number of rotatable bonds is 7. The molecule has 2 aromatic rings. The largest absolute Gasteiger partial charge is 0.494 e. The summed E-state index contributed by atoms with van der Waals surface area (Å²) in [5.41, 5.74) is 1.02. The minimum Gasteiger partial charge on any atom is -0.494 e. The zero-order valence-electron chi connectivity index (χ0n) is 15.7. The van der Waals surface area contributed by atoms with Crippen LogP contribution >= 0.6 is 11.3 Å². The van der Waals surface area contributed by atoms with Crippen LogP contribution in [0.15, 0.2) is 18.2 Å². The van der Waals surface area contributed by atoms with Crippen LogP contribution in [0.1, 0.15) is 33.6 Å². The van der Waals surface area contributed by atoms with Crippen LogP contribution in [0.25, 0.3) is 10.2 Å². The molecule has 1 aromatic carbocycles. The van der Waals surface area contributed by atoms with E-state index in [1.165, 1.54) is 6.92 Å². The smallest absolute Gasteiger partial charge is 0.217 e. The molecule has 1 amide bonds. The second-order valence-corrected chi connectivity index (χ2v) is 7.69. The molecule has 1 atom stereocenters. The minimum absolute atomic E-state index is 0.0146. The maximum atomic E-state index is 11.0. The Morgan fingerprint density at radius 2 is 2.19 bits per heavy atom. The second-order valence-electron chi connectivity index (χ2n) is 6.68. The Hall–Kier alpha value is -1.86. The van der Waals surface area contributed by atoms with Crippen molar-refractivity contribution in [3.05, 3.63) is 18.2 Å². The lowest BCUT2D eigenvalue weighted by Gasteiger charge is -2.32. The van der Waals surface area contributed by atoms with E-state index in [2.05, 4.69) is 16.3 Å². The van der Waals surface area contributed by atoms with Gasteiger partial charge < -0.3 is 19.7 Å². The molecular weight excluding hydrogens is 350 g/mol. The van der Waals surface area contributed by atoms with Gasteiger partial charge in [0.1, 0.15) is 5.75 Å². The molecule has 3 rings (SSSR count). The van der Waals surface area contributed by atoms with Crippen LogP contribution in [0.5, 0.6) is 5.75 Å². The standard InChI is InChI=1S/C19H27N3O3S/c1-4-24-16-5-6-17-18(11-16)26-19(21-17)22-9-7-15(8-10-22)25-12-13(2)20-14(3)23/h5-6,11,13,15H,4,7-10,12H2,1-3H3,(H,20,23)/t13-/m0/s1. The number of thiazole rings is 1. The fourth-order valence-electron chi connectivity index (χ4n) is 3.17. The van der Waals surface area contributed by atoms with Crippen molar-refractivity contribution in [1.29, 1.82) is 0 Å². The van der Waals surface area contributed by atoms with Gasteiger partial charge in [-0.05, 0) is 44.9 Å². The molecule has 1 fully saturated rings. The fourth-order valence-corrected chi connectivity index (χ4v) is 4.21. The summed E-state index contributed by atoms with van der Waals surface area (Å²) in [6.07, 6.45) is 2.21. The molecule has 142 valence electrons. The number of amides is 1. The molecular formula is C19H27N3O3S. The number of ether oxygens (including phenoxy) is 2. The summed E-state index contributed by atoms with van der Waals surface area (Å²) in [5, 5.41) is 3.92. The molecule has 0 unspecified atom stereocenters. The highest BCUT2D eigenvalue weighted by molar-refractivity contribution is 7.22. The zero-order chi connectivity index (χ0) is 18.5. The van der Waals surface area contributed by atoms with Crippen molar-refractivity contribution >= 4 is 32.6 Å². The number of hydrogen-bond donors (Lipinski definition) is 1. The molecule has 6 nitrogen and oxygen atoms in total. The van der Waals surface area contributed by atoms with Gasteiger partial charge in [-0.2, -0.15) is 0 Å². The van der Waals surface area contributed by atoms with E-state index in [9.17, 15) is 4.79 Å². The molecule has 1 saturated heterocycles. The number of nitrogens with one attached hydrogen (secondary N) is 1. The van der Waals surface area contributed by atoms with Crippen molar-refractivity contribution in [2.75, 3.05) is 31.2 Å². The summed E-state index contributed by atoms with van der Waals surface area (Å²) in [6, 6.07) is 6.12. The van der Waals surface area contributed by atoms with Crippen LogP contribution in [0.2, 0.25) is 0 Å². The van der Waals surface area contributed by atoms with Crippen LogP contribution in [-0.2, 0) is 9.53 Å². The van der Waals surface area contributed by atoms with Gasteiger partial charge in [0.15, 0.2) is 5.13 Å². The highest BCUT2D eigenvalue weighted by Crippen LogP contribution is 2.33. The molecule has 1 N–H and O–H groups in total. The molecule has 2 heterocycles. The molecule has 1 aliphatic rings. The lowest BCUT2D eigenvalue weighted by Crippen LogP contribution is -2.40. The number of hydrogen-bond acceptors (Lipinski definition) is 6. The fraction of sp³-hybridized carbons (Fsp3) is 0.579. The Labute approximate surface area is 158 Å². The zero-order valence-corrected chi connectivity index (χ0v) is 16.5. The van der Waals surface area contributed by atoms with Crippen LogP contribution < -0.4 is 15.0 Å². The van der Waals surface area contributed by atoms with Crippen molar-refractivity contribution in [1.82, 2.24) is 10.3 Å². The molecule has 0 bridgehead atoms. The van der Waals surface area contributed by atoms with E-state index in [0.717, 1.165) is 47.0 Å². The summed E-state index contributed by atoms with van der Waals surface area (Å²) < 4.78 is 12.7. The first-order chi connectivity index (χ1) is 12.5. The molecule has 1 aromatic heterocycles. The van der Waals surface area contributed by atoms with E-state index < -0.39 is 0 Å². The molecule has 26 heavy (non-hydrogen) atoms. The van der Waals surface area contributed by atoms with Gasteiger partial charge in [0.25, 0.3) is 0 Å². The number of aromatic nitrogens is 1. The van der Waals surface area contributed by atoms with Gasteiger partial charge in [-0.3, -0.25) is 4.79 Å². The molecule has 0 spiro atoms.